The zero-order chi connectivity index (χ0) is 21.6. The number of aromatic nitrogens is 1. The fourth-order valence-electron chi connectivity index (χ4n) is 2.83. The second-order valence-electron chi connectivity index (χ2n) is 6.33. The maximum absolute atomic E-state index is 13.3. The number of amides is 1. The molecular formula is C22H21N3O4S. The van der Waals surface area contributed by atoms with Gasteiger partial charge in [0.1, 0.15) is 12.3 Å². The van der Waals surface area contributed by atoms with Crippen LogP contribution in [0.4, 0.5) is 5.69 Å². The molecule has 1 aromatic heterocycles. The maximum atomic E-state index is 13.3. The molecule has 0 saturated carbocycles. The highest BCUT2D eigenvalue weighted by Crippen LogP contribution is 2.29. The van der Waals surface area contributed by atoms with E-state index in [9.17, 15) is 13.2 Å². The molecule has 30 heavy (non-hydrogen) atoms. The van der Waals surface area contributed by atoms with Crippen LogP contribution in [0.1, 0.15) is 11.1 Å². The molecule has 0 aliphatic rings. The SMILES string of the molecule is COc1ccc(S(=O)(=O)N(CC(N)=O)c2ccccc2/C=C\c2cccnc2)cc1. The van der Waals surface area contributed by atoms with Gasteiger partial charge in [0.2, 0.25) is 5.91 Å². The number of benzene rings is 2. The second kappa shape index (κ2) is 9.23. The lowest BCUT2D eigenvalue weighted by molar-refractivity contribution is -0.116. The van der Waals surface area contributed by atoms with Gasteiger partial charge in [0.15, 0.2) is 0 Å². The highest BCUT2D eigenvalue weighted by Gasteiger charge is 2.27. The van der Waals surface area contributed by atoms with Gasteiger partial charge in [-0.3, -0.25) is 14.1 Å². The summed E-state index contributed by atoms with van der Waals surface area (Å²) in [7, 11) is -2.56. The lowest BCUT2D eigenvalue weighted by Gasteiger charge is -2.25. The van der Waals surface area contributed by atoms with Gasteiger partial charge in [-0.2, -0.15) is 0 Å². The molecule has 0 aliphatic carbocycles. The fraction of sp³-hybridized carbons (Fsp3) is 0.0909. The Morgan fingerprint density at radius 1 is 1.07 bits per heavy atom. The van der Waals surface area contributed by atoms with Crippen molar-refractivity contribution in [2.45, 2.75) is 4.90 Å². The van der Waals surface area contributed by atoms with Crippen molar-refractivity contribution in [1.29, 1.82) is 0 Å². The number of pyridine rings is 1. The molecule has 0 aliphatic heterocycles. The number of methoxy groups -OCH3 is 1. The molecule has 0 bridgehead atoms. The van der Waals surface area contributed by atoms with Crippen LogP contribution in [0.15, 0.2) is 78.0 Å². The van der Waals surface area contributed by atoms with Crippen molar-refractivity contribution in [3.63, 3.8) is 0 Å². The zero-order valence-electron chi connectivity index (χ0n) is 16.3. The molecule has 8 heteroatoms. The van der Waals surface area contributed by atoms with Gasteiger partial charge in [0.05, 0.1) is 17.7 Å². The van der Waals surface area contributed by atoms with Crippen LogP contribution in [0.3, 0.4) is 0 Å². The van der Waals surface area contributed by atoms with E-state index in [0.29, 0.717) is 17.0 Å². The van der Waals surface area contributed by atoms with E-state index in [4.69, 9.17) is 10.5 Å². The lowest BCUT2D eigenvalue weighted by Crippen LogP contribution is -2.39. The number of rotatable bonds is 8. The third-order valence-electron chi connectivity index (χ3n) is 4.29. The minimum atomic E-state index is -4.05. The van der Waals surface area contributed by atoms with Gasteiger partial charge in [0.25, 0.3) is 10.0 Å². The average molecular weight is 423 g/mol. The Morgan fingerprint density at radius 3 is 2.43 bits per heavy atom. The molecule has 3 aromatic rings. The van der Waals surface area contributed by atoms with Crippen LogP contribution in [0.5, 0.6) is 5.75 Å². The molecular weight excluding hydrogens is 402 g/mol. The van der Waals surface area contributed by atoms with E-state index in [2.05, 4.69) is 4.98 Å². The molecule has 0 spiro atoms. The number of carbonyl (C=O) groups is 1. The van der Waals surface area contributed by atoms with Crippen LogP contribution in [-0.2, 0) is 14.8 Å². The summed E-state index contributed by atoms with van der Waals surface area (Å²) in [6.07, 6.45) is 6.94. The quantitative estimate of drug-likeness (QED) is 0.600. The van der Waals surface area contributed by atoms with Gasteiger partial charge in [-0.1, -0.05) is 36.4 Å². The summed E-state index contributed by atoms with van der Waals surface area (Å²) in [6.45, 7) is -0.494. The van der Waals surface area contributed by atoms with E-state index >= 15 is 0 Å². The van der Waals surface area contributed by atoms with Crippen molar-refractivity contribution in [2.75, 3.05) is 18.0 Å². The molecule has 154 valence electrons. The highest BCUT2D eigenvalue weighted by atomic mass is 32.2. The smallest absolute Gasteiger partial charge is 0.264 e. The molecule has 0 fully saturated rings. The molecule has 1 amide bonds. The molecule has 1 heterocycles. The number of hydrogen-bond acceptors (Lipinski definition) is 5. The molecule has 2 N–H and O–H groups in total. The van der Waals surface area contributed by atoms with Crippen LogP contribution < -0.4 is 14.8 Å². The van der Waals surface area contributed by atoms with Crippen molar-refractivity contribution >= 4 is 33.8 Å². The summed E-state index contributed by atoms with van der Waals surface area (Å²) in [4.78, 5) is 15.8. The van der Waals surface area contributed by atoms with E-state index < -0.39 is 22.5 Å². The first-order valence-electron chi connectivity index (χ1n) is 9.04. The van der Waals surface area contributed by atoms with Gasteiger partial charge in [-0.15, -0.1) is 0 Å². The Morgan fingerprint density at radius 2 is 1.80 bits per heavy atom. The van der Waals surface area contributed by atoms with Crippen LogP contribution >= 0.6 is 0 Å². The standard InChI is InChI=1S/C22H21N3O4S/c1-29-19-10-12-20(13-11-19)30(27,28)25(16-22(23)26)21-7-3-2-6-18(21)9-8-17-5-4-14-24-15-17/h2-15H,16H2,1H3,(H2,23,26)/b9-8-. The number of nitrogens with two attached hydrogens (primary N) is 1. The third-order valence-corrected chi connectivity index (χ3v) is 6.07. The van der Waals surface area contributed by atoms with E-state index in [0.717, 1.165) is 9.87 Å². The first-order valence-corrected chi connectivity index (χ1v) is 10.5. The summed E-state index contributed by atoms with van der Waals surface area (Å²) in [5, 5.41) is 0. The van der Waals surface area contributed by atoms with Gasteiger partial charge in [-0.05, 0) is 47.5 Å². The number of sulfonamides is 1. The first kappa shape index (κ1) is 21.1. The average Bonchev–Trinajstić information content (AvgIpc) is 2.77. The predicted molar refractivity (Wildman–Crippen MR) is 116 cm³/mol. The zero-order valence-corrected chi connectivity index (χ0v) is 17.1. The molecule has 0 unspecified atom stereocenters. The van der Waals surface area contributed by atoms with Gasteiger partial charge < -0.3 is 10.5 Å². The van der Waals surface area contributed by atoms with E-state index in [-0.39, 0.29) is 4.90 Å². The molecule has 7 nitrogen and oxygen atoms in total. The van der Waals surface area contributed by atoms with Gasteiger partial charge in [0, 0.05) is 12.4 Å². The van der Waals surface area contributed by atoms with Crippen LogP contribution in [0, 0.1) is 0 Å². The topological polar surface area (TPSA) is 103 Å². The van der Waals surface area contributed by atoms with Crippen molar-refractivity contribution in [1.82, 2.24) is 4.98 Å². The third kappa shape index (κ3) is 4.84. The highest BCUT2D eigenvalue weighted by molar-refractivity contribution is 7.92. The van der Waals surface area contributed by atoms with E-state index in [1.807, 2.05) is 12.1 Å². The van der Waals surface area contributed by atoms with Gasteiger partial charge >= 0.3 is 0 Å². The van der Waals surface area contributed by atoms with Crippen molar-refractivity contribution in [2.24, 2.45) is 5.73 Å². The Kier molecular flexibility index (Phi) is 6.48. The Balaban J connectivity index is 2.06. The molecule has 0 atom stereocenters. The van der Waals surface area contributed by atoms with Crippen molar-refractivity contribution in [3.8, 4) is 5.75 Å². The number of hydrogen-bond donors (Lipinski definition) is 1. The predicted octanol–water partition coefficient (Wildman–Crippen LogP) is 2.94. The maximum Gasteiger partial charge on any atom is 0.264 e. The lowest BCUT2D eigenvalue weighted by atomic mass is 10.1. The summed E-state index contributed by atoms with van der Waals surface area (Å²) in [6, 6.07) is 16.5. The van der Waals surface area contributed by atoms with Crippen LogP contribution in [0.2, 0.25) is 0 Å². The van der Waals surface area contributed by atoms with E-state index in [1.165, 1.54) is 19.2 Å². The molecule has 2 aromatic carbocycles. The summed E-state index contributed by atoms with van der Waals surface area (Å²) in [5.74, 6) is -0.242. The van der Waals surface area contributed by atoms with Crippen LogP contribution in [0.25, 0.3) is 12.2 Å². The number of carbonyl (C=O) groups excluding carboxylic acids is 1. The largest absolute Gasteiger partial charge is 0.497 e. The van der Waals surface area contributed by atoms with Crippen molar-refractivity contribution in [3.05, 3.63) is 84.2 Å². The first-order chi connectivity index (χ1) is 14.4. The van der Waals surface area contributed by atoms with Crippen LogP contribution in [-0.4, -0.2) is 33.0 Å². The Bertz CT molecular complexity index is 1140. The van der Waals surface area contributed by atoms with Gasteiger partial charge in [-0.25, -0.2) is 8.42 Å². The molecule has 0 saturated heterocycles. The normalized spacial score (nSPS) is 11.4. The molecule has 3 rings (SSSR count). The molecule has 0 radical (unpaired) electrons. The number of nitrogens with zero attached hydrogens (tertiary/aromatic N) is 2. The number of anilines is 1. The van der Waals surface area contributed by atoms with Crippen molar-refractivity contribution < 1.29 is 17.9 Å². The second-order valence-corrected chi connectivity index (χ2v) is 8.19. The minimum Gasteiger partial charge on any atom is -0.497 e. The summed E-state index contributed by atoms with van der Waals surface area (Å²) >= 11 is 0. The summed E-state index contributed by atoms with van der Waals surface area (Å²) in [5.41, 5.74) is 7.18. The number of ether oxygens (including phenoxy) is 1. The van der Waals surface area contributed by atoms with E-state index in [1.54, 1.807) is 60.9 Å². The fourth-order valence-corrected chi connectivity index (χ4v) is 4.29. The number of para-hydroxylation sites is 1. The summed E-state index contributed by atoms with van der Waals surface area (Å²) < 4.78 is 32.8. The Hall–Kier alpha value is -3.65. The Labute approximate surface area is 175 Å². The number of primary amides is 1. The monoisotopic (exact) mass is 423 g/mol. The minimum absolute atomic E-state index is 0.0237.